The Kier molecular flexibility index (Phi) is 3.02. The second-order valence-electron chi connectivity index (χ2n) is 4.25. The molecule has 3 nitrogen and oxygen atoms in total. The zero-order valence-electron chi connectivity index (χ0n) is 9.76. The van der Waals surface area contributed by atoms with Gasteiger partial charge in [-0.25, -0.2) is 4.79 Å². The van der Waals surface area contributed by atoms with Gasteiger partial charge in [0.1, 0.15) is 12.6 Å². The van der Waals surface area contributed by atoms with Crippen LogP contribution in [-0.2, 0) is 22.6 Å². The molecular formula is C14H13NO2S. The number of anilines is 1. The third-order valence-corrected chi connectivity index (χ3v) is 3.84. The molecule has 0 amide bonds. The number of benzene rings is 1. The zero-order chi connectivity index (χ0) is 12.4. The molecule has 1 aromatic heterocycles. The maximum Gasteiger partial charge on any atom is 0.329 e. The molecule has 1 aromatic carbocycles. The van der Waals surface area contributed by atoms with Crippen LogP contribution in [0.15, 0.2) is 41.8 Å². The molecule has 18 heavy (non-hydrogen) atoms. The molecule has 92 valence electrons. The molecule has 1 N–H and O–H groups in total. The summed E-state index contributed by atoms with van der Waals surface area (Å²) in [5, 5.41) is 5.17. The van der Waals surface area contributed by atoms with Gasteiger partial charge in [-0.3, -0.25) is 0 Å². The number of fused-ring (bicyclic) bond motifs is 1. The minimum Gasteiger partial charge on any atom is -0.458 e. The molecule has 4 heteroatoms. The molecule has 1 atom stereocenters. The van der Waals surface area contributed by atoms with Crippen molar-refractivity contribution in [2.75, 3.05) is 5.32 Å². The van der Waals surface area contributed by atoms with Crippen molar-refractivity contribution in [3.05, 3.63) is 52.2 Å². The molecule has 0 unspecified atom stereocenters. The van der Waals surface area contributed by atoms with E-state index in [0.29, 0.717) is 13.0 Å². The topological polar surface area (TPSA) is 38.3 Å². The molecule has 1 aliphatic rings. The van der Waals surface area contributed by atoms with Gasteiger partial charge in [0.2, 0.25) is 0 Å². The van der Waals surface area contributed by atoms with Gasteiger partial charge in [0.25, 0.3) is 0 Å². The number of nitrogens with one attached hydrogen (secondary N) is 1. The van der Waals surface area contributed by atoms with Gasteiger partial charge in [0.05, 0.1) is 0 Å². The monoisotopic (exact) mass is 259 g/mol. The average Bonchev–Trinajstić information content (AvgIpc) is 3.04. The summed E-state index contributed by atoms with van der Waals surface area (Å²) < 4.78 is 5.31. The van der Waals surface area contributed by atoms with Gasteiger partial charge in [-0.2, -0.15) is 0 Å². The van der Waals surface area contributed by atoms with E-state index in [9.17, 15) is 4.79 Å². The van der Waals surface area contributed by atoms with E-state index in [0.717, 1.165) is 10.6 Å². The fourth-order valence-corrected chi connectivity index (χ4v) is 2.69. The summed E-state index contributed by atoms with van der Waals surface area (Å²) in [5.41, 5.74) is 2.21. The van der Waals surface area contributed by atoms with Gasteiger partial charge < -0.3 is 10.1 Å². The minimum absolute atomic E-state index is 0.181. The fourth-order valence-electron chi connectivity index (χ4n) is 2.08. The highest BCUT2D eigenvalue weighted by molar-refractivity contribution is 7.09. The molecule has 1 aliphatic heterocycles. The second kappa shape index (κ2) is 4.82. The highest BCUT2D eigenvalue weighted by atomic mass is 32.1. The molecule has 0 saturated carbocycles. The lowest BCUT2D eigenvalue weighted by atomic mass is 10.1. The third-order valence-electron chi connectivity index (χ3n) is 2.99. The van der Waals surface area contributed by atoms with Crippen LogP contribution >= 0.6 is 11.3 Å². The summed E-state index contributed by atoms with van der Waals surface area (Å²) in [4.78, 5) is 13.0. The lowest BCUT2D eigenvalue weighted by Crippen LogP contribution is -2.28. The third kappa shape index (κ3) is 2.24. The maximum atomic E-state index is 11.9. The van der Waals surface area contributed by atoms with E-state index in [1.165, 1.54) is 5.56 Å². The SMILES string of the molecule is O=C(OCc1cccs1)[C@@H]1Cc2ccccc2N1. The normalized spacial score (nSPS) is 17.0. The lowest BCUT2D eigenvalue weighted by molar-refractivity contribution is -0.145. The Bertz CT molecular complexity index is 526. The van der Waals surface area contributed by atoms with E-state index in [4.69, 9.17) is 4.74 Å². The Labute approximate surface area is 109 Å². The molecule has 0 spiro atoms. The van der Waals surface area contributed by atoms with Crippen molar-refractivity contribution in [2.24, 2.45) is 0 Å². The van der Waals surface area contributed by atoms with Crippen LogP contribution in [0, 0.1) is 0 Å². The minimum atomic E-state index is -0.248. The van der Waals surface area contributed by atoms with Crippen LogP contribution in [0.3, 0.4) is 0 Å². The predicted octanol–water partition coefficient (Wildman–Crippen LogP) is 2.83. The van der Waals surface area contributed by atoms with Crippen LogP contribution in [0.5, 0.6) is 0 Å². The fraction of sp³-hybridized carbons (Fsp3) is 0.214. The number of hydrogen-bond acceptors (Lipinski definition) is 4. The van der Waals surface area contributed by atoms with Gasteiger partial charge in [0, 0.05) is 17.0 Å². The summed E-state index contributed by atoms with van der Waals surface area (Å²) in [6, 6.07) is 11.6. The van der Waals surface area contributed by atoms with Gasteiger partial charge in [-0.15, -0.1) is 11.3 Å². The molecule has 0 bridgehead atoms. The van der Waals surface area contributed by atoms with E-state index in [2.05, 4.69) is 5.32 Å². The number of rotatable bonds is 3. The Morgan fingerprint density at radius 3 is 3.00 bits per heavy atom. The van der Waals surface area contributed by atoms with Gasteiger partial charge >= 0.3 is 5.97 Å². The molecule has 2 aromatic rings. The number of para-hydroxylation sites is 1. The molecule has 0 saturated heterocycles. The Hall–Kier alpha value is -1.81. The number of esters is 1. The first-order chi connectivity index (χ1) is 8.83. The second-order valence-corrected chi connectivity index (χ2v) is 5.28. The van der Waals surface area contributed by atoms with Crippen LogP contribution < -0.4 is 5.32 Å². The Morgan fingerprint density at radius 1 is 1.33 bits per heavy atom. The average molecular weight is 259 g/mol. The van der Waals surface area contributed by atoms with Crippen LogP contribution in [0.4, 0.5) is 5.69 Å². The van der Waals surface area contributed by atoms with E-state index < -0.39 is 0 Å². The van der Waals surface area contributed by atoms with Crippen molar-refractivity contribution in [3.8, 4) is 0 Å². The summed E-state index contributed by atoms with van der Waals surface area (Å²) in [7, 11) is 0. The van der Waals surface area contributed by atoms with Crippen LogP contribution in [-0.4, -0.2) is 12.0 Å². The lowest BCUT2D eigenvalue weighted by Gasteiger charge is -2.10. The Balaban J connectivity index is 1.59. The first-order valence-electron chi connectivity index (χ1n) is 5.86. The first-order valence-corrected chi connectivity index (χ1v) is 6.74. The number of ether oxygens (including phenoxy) is 1. The van der Waals surface area contributed by atoms with Crippen molar-refractivity contribution >= 4 is 23.0 Å². The van der Waals surface area contributed by atoms with Crippen molar-refractivity contribution < 1.29 is 9.53 Å². The number of carbonyl (C=O) groups is 1. The molecule has 0 fully saturated rings. The van der Waals surface area contributed by atoms with Crippen molar-refractivity contribution in [2.45, 2.75) is 19.1 Å². The number of thiophene rings is 1. The zero-order valence-corrected chi connectivity index (χ0v) is 10.6. The van der Waals surface area contributed by atoms with Crippen molar-refractivity contribution in [3.63, 3.8) is 0 Å². The molecule has 2 heterocycles. The van der Waals surface area contributed by atoms with Crippen LogP contribution in [0.1, 0.15) is 10.4 Å². The van der Waals surface area contributed by atoms with E-state index >= 15 is 0 Å². The van der Waals surface area contributed by atoms with Gasteiger partial charge in [-0.05, 0) is 23.1 Å². The molecular weight excluding hydrogens is 246 g/mol. The molecule has 3 rings (SSSR count). The van der Waals surface area contributed by atoms with E-state index in [1.807, 2.05) is 41.8 Å². The van der Waals surface area contributed by atoms with E-state index in [-0.39, 0.29) is 12.0 Å². The summed E-state index contributed by atoms with van der Waals surface area (Å²) in [6.07, 6.45) is 0.708. The summed E-state index contributed by atoms with van der Waals surface area (Å²) in [6.45, 7) is 0.366. The smallest absolute Gasteiger partial charge is 0.329 e. The summed E-state index contributed by atoms with van der Waals surface area (Å²) >= 11 is 1.60. The highest BCUT2D eigenvalue weighted by Gasteiger charge is 2.27. The summed E-state index contributed by atoms with van der Waals surface area (Å²) in [5.74, 6) is -0.181. The Morgan fingerprint density at radius 2 is 2.22 bits per heavy atom. The molecule has 0 aliphatic carbocycles. The van der Waals surface area contributed by atoms with Crippen molar-refractivity contribution in [1.82, 2.24) is 0 Å². The largest absolute Gasteiger partial charge is 0.458 e. The van der Waals surface area contributed by atoms with E-state index in [1.54, 1.807) is 11.3 Å². The predicted molar refractivity (Wildman–Crippen MR) is 71.7 cm³/mol. The van der Waals surface area contributed by atoms with Gasteiger partial charge in [0.15, 0.2) is 0 Å². The van der Waals surface area contributed by atoms with Crippen LogP contribution in [0.25, 0.3) is 0 Å². The molecule has 0 radical (unpaired) electrons. The van der Waals surface area contributed by atoms with Gasteiger partial charge in [-0.1, -0.05) is 24.3 Å². The first kappa shape index (κ1) is 11.3. The quantitative estimate of drug-likeness (QED) is 0.861. The number of hydrogen-bond donors (Lipinski definition) is 1. The standard InChI is InChI=1S/C14H13NO2S/c16-14(17-9-11-5-3-7-18-11)13-8-10-4-1-2-6-12(10)15-13/h1-7,13,15H,8-9H2/t13-/m0/s1. The number of carbonyl (C=O) groups excluding carboxylic acids is 1. The van der Waals surface area contributed by atoms with Crippen molar-refractivity contribution in [1.29, 1.82) is 0 Å². The highest BCUT2D eigenvalue weighted by Crippen LogP contribution is 2.25. The maximum absolute atomic E-state index is 11.9. The van der Waals surface area contributed by atoms with Crippen LogP contribution in [0.2, 0.25) is 0 Å².